The van der Waals surface area contributed by atoms with E-state index in [1.54, 1.807) is 0 Å². The smallest absolute Gasteiger partial charge is 0.207 e. The van der Waals surface area contributed by atoms with Crippen molar-refractivity contribution in [3.63, 3.8) is 0 Å². The zero-order valence-electron chi connectivity index (χ0n) is 14.4. The van der Waals surface area contributed by atoms with Gasteiger partial charge >= 0.3 is 0 Å². The van der Waals surface area contributed by atoms with Crippen molar-refractivity contribution in [2.75, 3.05) is 19.6 Å². The second-order valence-electron chi connectivity index (χ2n) is 6.19. The fourth-order valence-corrected chi connectivity index (χ4v) is 6.31. The lowest BCUT2D eigenvalue weighted by molar-refractivity contribution is 0.212. The maximum absolute atomic E-state index is 13.9. The van der Waals surface area contributed by atoms with Crippen molar-refractivity contribution >= 4 is 20.0 Å². The second-order valence-corrected chi connectivity index (χ2v) is 9.95. The summed E-state index contributed by atoms with van der Waals surface area (Å²) in [6.07, 6.45) is 0. The molecule has 1 aliphatic heterocycles. The van der Waals surface area contributed by atoms with Gasteiger partial charge in [0.25, 0.3) is 0 Å². The van der Waals surface area contributed by atoms with Crippen LogP contribution in [0.2, 0.25) is 0 Å². The van der Waals surface area contributed by atoms with Gasteiger partial charge in [-0.1, -0.05) is 24.3 Å². The molecular formula is C17H18F2N2O4S2. The van der Waals surface area contributed by atoms with Crippen molar-refractivity contribution in [1.29, 1.82) is 0 Å². The average Bonchev–Trinajstić information content (AvgIpc) is 2.61. The van der Waals surface area contributed by atoms with Gasteiger partial charge in [-0.15, -0.1) is 0 Å². The Kier molecular flexibility index (Phi) is 5.35. The van der Waals surface area contributed by atoms with E-state index in [0.717, 1.165) is 26.8 Å². The molecule has 1 saturated heterocycles. The number of piperazine rings is 1. The minimum absolute atomic E-state index is 0.158. The minimum Gasteiger partial charge on any atom is -0.207 e. The van der Waals surface area contributed by atoms with Gasteiger partial charge < -0.3 is 0 Å². The average molecular weight is 416 g/mol. The Hall–Kier alpha value is -1.88. The number of nitrogens with zero attached hydrogens (tertiary/aromatic N) is 2. The summed E-state index contributed by atoms with van der Waals surface area (Å²) in [5, 5.41) is 0. The molecule has 1 atom stereocenters. The standard InChI is InChI=1S/C17H18F2N2O4S2/c1-13-12-20(26(22,23)16-8-4-2-6-14(16)18)10-11-21(13)27(24,25)17-9-5-3-7-15(17)19/h2-9,13H,10-12H2,1H3/t13-/m1/s1. The van der Waals surface area contributed by atoms with E-state index in [4.69, 9.17) is 0 Å². The van der Waals surface area contributed by atoms with Gasteiger partial charge in [-0.2, -0.15) is 8.61 Å². The molecular weight excluding hydrogens is 398 g/mol. The summed E-state index contributed by atoms with van der Waals surface area (Å²) >= 11 is 0. The van der Waals surface area contributed by atoms with E-state index in [1.807, 2.05) is 0 Å². The van der Waals surface area contributed by atoms with E-state index in [0.29, 0.717) is 0 Å². The summed E-state index contributed by atoms with van der Waals surface area (Å²) in [6, 6.07) is 9.29. The first kappa shape index (κ1) is 19.9. The Balaban J connectivity index is 1.86. The lowest BCUT2D eigenvalue weighted by atomic mass is 10.3. The molecule has 27 heavy (non-hydrogen) atoms. The number of halogens is 2. The Morgan fingerprint density at radius 1 is 0.815 bits per heavy atom. The second kappa shape index (κ2) is 7.27. The summed E-state index contributed by atoms with van der Waals surface area (Å²) in [5.74, 6) is -1.74. The van der Waals surface area contributed by atoms with E-state index >= 15 is 0 Å². The fraction of sp³-hybridized carbons (Fsp3) is 0.294. The SMILES string of the molecule is C[C@@H]1CN(S(=O)(=O)c2ccccc2F)CCN1S(=O)(=O)c1ccccc1F. The van der Waals surface area contributed by atoms with Gasteiger partial charge in [0.05, 0.1) is 0 Å². The van der Waals surface area contributed by atoms with Crippen molar-refractivity contribution in [2.24, 2.45) is 0 Å². The summed E-state index contributed by atoms with van der Waals surface area (Å²) < 4.78 is 80.9. The van der Waals surface area contributed by atoms with Crippen LogP contribution in [0.5, 0.6) is 0 Å². The van der Waals surface area contributed by atoms with Gasteiger partial charge in [-0.3, -0.25) is 0 Å². The number of hydrogen-bond acceptors (Lipinski definition) is 4. The van der Waals surface area contributed by atoms with Crippen LogP contribution in [0, 0.1) is 11.6 Å². The van der Waals surface area contributed by atoms with Crippen LogP contribution in [0.3, 0.4) is 0 Å². The minimum atomic E-state index is -4.12. The van der Waals surface area contributed by atoms with Crippen LogP contribution in [0.25, 0.3) is 0 Å². The fourth-order valence-electron chi connectivity index (χ4n) is 3.06. The van der Waals surface area contributed by atoms with Crippen molar-refractivity contribution in [1.82, 2.24) is 8.61 Å². The molecule has 0 saturated carbocycles. The highest BCUT2D eigenvalue weighted by Gasteiger charge is 2.39. The molecule has 2 aromatic rings. The highest BCUT2D eigenvalue weighted by molar-refractivity contribution is 7.89. The molecule has 0 unspecified atom stereocenters. The van der Waals surface area contributed by atoms with E-state index in [1.165, 1.54) is 37.3 Å². The quantitative estimate of drug-likeness (QED) is 0.765. The number of hydrogen-bond donors (Lipinski definition) is 0. The number of rotatable bonds is 4. The molecule has 1 fully saturated rings. The van der Waals surface area contributed by atoms with E-state index in [9.17, 15) is 25.6 Å². The van der Waals surface area contributed by atoms with Crippen molar-refractivity contribution in [3.05, 3.63) is 60.2 Å². The summed E-state index contributed by atoms with van der Waals surface area (Å²) in [4.78, 5) is -0.912. The van der Waals surface area contributed by atoms with Gasteiger partial charge in [0.1, 0.15) is 21.4 Å². The van der Waals surface area contributed by atoms with Gasteiger partial charge in [-0.05, 0) is 31.2 Å². The molecule has 146 valence electrons. The predicted molar refractivity (Wildman–Crippen MR) is 94.9 cm³/mol. The molecule has 1 aliphatic rings. The zero-order valence-corrected chi connectivity index (χ0v) is 16.1. The normalized spacial score (nSPS) is 19.9. The highest BCUT2D eigenvalue weighted by atomic mass is 32.2. The Morgan fingerprint density at radius 2 is 1.30 bits per heavy atom. The summed E-state index contributed by atoms with van der Waals surface area (Å²) in [6.45, 7) is 1.05. The zero-order chi connectivity index (χ0) is 19.8. The van der Waals surface area contributed by atoms with Crippen LogP contribution in [-0.4, -0.2) is 51.1 Å². The maximum Gasteiger partial charge on any atom is 0.246 e. The maximum atomic E-state index is 13.9. The Labute approximate surface area is 157 Å². The van der Waals surface area contributed by atoms with E-state index < -0.39 is 47.5 Å². The number of sulfonamides is 2. The molecule has 3 rings (SSSR count). The molecule has 0 amide bonds. The third-order valence-electron chi connectivity index (χ3n) is 4.41. The van der Waals surface area contributed by atoms with Gasteiger partial charge in [-0.25, -0.2) is 25.6 Å². The van der Waals surface area contributed by atoms with Crippen LogP contribution in [0.4, 0.5) is 8.78 Å². The molecule has 1 heterocycles. The van der Waals surface area contributed by atoms with Crippen molar-refractivity contribution < 1.29 is 25.6 Å². The molecule has 0 bridgehead atoms. The molecule has 0 aromatic heterocycles. The van der Waals surface area contributed by atoms with Gasteiger partial charge in [0.15, 0.2) is 0 Å². The Bertz CT molecular complexity index is 1060. The molecule has 0 radical (unpaired) electrons. The topological polar surface area (TPSA) is 74.8 Å². The van der Waals surface area contributed by atoms with Crippen LogP contribution in [-0.2, 0) is 20.0 Å². The monoisotopic (exact) mass is 416 g/mol. The molecule has 0 spiro atoms. The first-order valence-electron chi connectivity index (χ1n) is 8.17. The molecule has 0 aliphatic carbocycles. The molecule has 6 nitrogen and oxygen atoms in total. The van der Waals surface area contributed by atoms with Crippen molar-refractivity contribution in [2.45, 2.75) is 22.8 Å². The van der Waals surface area contributed by atoms with Gasteiger partial charge in [0.2, 0.25) is 20.0 Å². The molecule has 10 heteroatoms. The third-order valence-corrected chi connectivity index (χ3v) is 8.35. The lowest BCUT2D eigenvalue weighted by Gasteiger charge is -2.38. The van der Waals surface area contributed by atoms with Crippen LogP contribution in [0.15, 0.2) is 58.3 Å². The Morgan fingerprint density at radius 3 is 1.78 bits per heavy atom. The van der Waals surface area contributed by atoms with E-state index in [2.05, 4.69) is 0 Å². The van der Waals surface area contributed by atoms with Gasteiger partial charge in [0, 0.05) is 25.7 Å². The third kappa shape index (κ3) is 3.62. The predicted octanol–water partition coefficient (Wildman–Crippen LogP) is 2.05. The van der Waals surface area contributed by atoms with Crippen LogP contribution in [0.1, 0.15) is 6.92 Å². The lowest BCUT2D eigenvalue weighted by Crippen LogP contribution is -2.55. The van der Waals surface area contributed by atoms with Crippen LogP contribution < -0.4 is 0 Å². The first-order valence-corrected chi connectivity index (χ1v) is 11.0. The van der Waals surface area contributed by atoms with Crippen LogP contribution >= 0.6 is 0 Å². The summed E-state index contributed by atoms with van der Waals surface area (Å²) in [7, 11) is -8.23. The highest BCUT2D eigenvalue weighted by Crippen LogP contribution is 2.27. The van der Waals surface area contributed by atoms with E-state index in [-0.39, 0.29) is 19.6 Å². The van der Waals surface area contributed by atoms with Crippen molar-refractivity contribution in [3.8, 4) is 0 Å². The first-order chi connectivity index (χ1) is 12.7. The number of benzene rings is 2. The molecule has 0 N–H and O–H groups in total. The molecule has 2 aromatic carbocycles. The largest absolute Gasteiger partial charge is 0.246 e. The summed E-state index contributed by atoms with van der Waals surface area (Å²) in [5.41, 5.74) is 0.